The van der Waals surface area contributed by atoms with Gasteiger partial charge in [-0.15, -0.1) is 6.58 Å². The smallest absolute Gasteiger partial charge is 0.293 e. The highest BCUT2D eigenvalue weighted by Crippen LogP contribution is 2.41. The molecule has 2 aromatic heterocycles. The number of carbonyl (C=O) groups excluding carboxylic acids is 1. The Labute approximate surface area is 352 Å². The Morgan fingerprint density at radius 2 is 1.90 bits per heavy atom. The number of nitro benzene ring substituents is 1. The lowest BCUT2D eigenvalue weighted by Gasteiger charge is -2.39. The lowest BCUT2D eigenvalue weighted by Crippen LogP contribution is -2.47. The molecular weight excluding hydrogens is 785 g/mol. The second kappa shape index (κ2) is 18.1. The number of piperazine rings is 1. The molecule has 3 N–H and O–H groups in total. The number of nitro groups is 1. The lowest BCUT2D eigenvalue weighted by atomic mass is 9.73. The maximum atomic E-state index is 13.9. The van der Waals surface area contributed by atoms with Gasteiger partial charge in [0.25, 0.3) is 21.6 Å². The summed E-state index contributed by atoms with van der Waals surface area (Å²) in [5.74, 6) is -0.458. The molecule has 320 valence electrons. The van der Waals surface area contributed by atoms with Gasteiger partial charge in [0.2, 0.25) is 0 Å². The number of aromatic amines is 1. The third-order valence-electron chi connectivity index (χ3n) is 11.7. The number of hydrogen-bond donors (Lipinski definition) is 3. The third-order valence-corrected chi connectivity index (χ3v) is 13.0. The van der Waals surface area contributed by atoms with Crippen molar-refractivity contribution in [1.82, 2.24) is 24.5 Å². The first-order valence-electron chi connectivity index (χ1n) is 20.6. The van der Waals surface area contributed by atoms with E-state index in [0.717, 1.165) is 82.1 Å². The van der Waals surface area contributed by atoms with Crippen molar-refractivity contribution < 1.29 is 27.6 Å². The van der Waals surface area contributed by atoms with Gasteiger partial charge in [0, 0.05) is 81.8 Å². The first-order valence-corrected chi connectivity index (χ1v) is 22.1. The van der Waals surface area contributed by atoms with Gasteiger partial charge in [-0.1, -0.05) is 30.6 Å². The van der Waals surface area contributed by atoms with Crippen LogP contribution >= 0.6 is 0 Å². The SMILES string of the molecule is C=C(C)CCC1=C(CN2CCN(c3ccc(C(=O)NS(=O)(=O)c4ccc(NCC5CN(C)CCO5)c([N+](=O)[O-])c4)c(Oc4cnc5[nH]ccc5c4)c3)CC2)CCC(C)(C)C1. The number of nitrogens with zero attached hydrogens (tertiary/aromatic N) is 5. The fourth-order valence-electron chi connectivity index (χ4n) is 8.22. The summed E-state index contributed by atoms with van der Waals surface area (Å²) in [4.78, 5) is 39.2. The van der Waals surface area contributed by atoms with E-state index >= 15 is 0 Å². The van der Waals surface area contributed by atoms with E-state index in [1.54, 1.807) is 41.6 Å². The summed E-state index contributed by atoms with van der Waals surface area (Å²) in [6.45, 7) is 17.4. The molecule has 1 atom stereocenters. The molecule has 3 aliphatic rings. The second-order valence-electron chi connectivity index (χ2n) is 17.1. The average molecular weight is 841 g/mol. The zero-order chi connectivity index (χ0) is 42.6. The van der Waals surface area contributed by atoms with Crippen LogP contribution in [-0.2, 0) is 14.8 Å². The minimum absolute atomic E-state index is 0.0326. The number of fused-ring (bicyclic) bond motifs is 1. The molecule has 2 aromatic carbocycles. The summed E-state index contributed by atoms with van der Waals surface area (Å²) in [6, 6.07) is 12.2. The van der Waals surface area contributed by atoms with Crippen LogP contribution in [0.5, 0.6) is 11.5 Å². The van der Waals surface area contributed by atoms with E-state index in [-0.39, 0.29) is 23.1 Å². The molecule has 60 heavy (non-hydrogen) atoms. The minimum atomic E-state index is -4.56. The predicted octanol–water partition coefficient (Wildman–Crippen LogP) is 7.11. The zero-order valence-electron chi connectivity index (χ0n) is 35.0. The highest BCUT2D eigenvalue weighted by atomic mass is 32.2. The van der Waals surface area contributed by atoms with Crippen LogP contribution in [0.15, 0.2) is 89.1 Å². The maximum absolute atomic E-state index is 13.9. The van der Waals surface area contributed by atoms with Gasteiger partial charge in [0.1, 0.15) is 22.8 Å². The summed E-state index contributed by atoms with van der Waals surface area (Å²) in [5, 5.41) is 15.9. The molecule has 1 unspecified atom stereocenters. The van der Waals surface area contributed by atoms with Crippen molar-refractivity contribution in [2.24, 2.45) is 5.41 Å². The van der Waals surface area contributed by atoms with Crippen LogP contribution in [0, 0.1) is 15.5 Å². The largest absolute Gasteiger partial charge is 0.455 e. The number of anilines is 2. The van der Waals surface area contributed by atoms with Crippen molar-refractivity contribution in [3.8, 4) is 11.5 Å². The van der Waals surface area contributed by atoms with Gasteiger partial charge in [-0.25, -0.2) is 18.1 Å². The molecule has 1 aliphatic carbocycles. The lowest BCUT2D eigenvalue weighted by molar-refractivity contribution is -0.384. The molecule has 7 rings (SSSR count). The number of amides is 1. The number of sulfonamides is 1. The van der Waals surface area contributed by atoms with Gasteiger partial charge < -0.3 is 29.6 Å². The quantitative estimate of drug-likeness (QED) is 0.0630. The first kappa shape index (κ1) is 42.8. The Morgan fingerprint density at radius 3 is 2.65 bits per heavy atom. The third kappa shape index (κ3) is 10.5. The number of ether oxygens (including phenoxy) is 2. The summed E-state index contributed by atoms with van der Waals surface area (Å²) in [5.41, 5.74) is 5.83. The molecule has 4 heterocycles. The summed E-state index contributed by atoms with van der Waals surface area (Å²) in [7, 11) is -2.59. The number of pyridine rings is 1. The molecular formula is C44H56N8O7S. The molecule has 16 heteroatoms. The van der Waals surface area contributed by atoms with Gasteiger partial charge >= 0.3 is 0 Å². The number of morpholine rings is 1. The predicted molar refractivity (Wildman–Crippen MR) is 233 cm³/mol. The van der Waals surface area contributed by atoms with Crippen LogP contribution < -0.4 is 19.7 Å². The van der Waals surface area contributed by atoms with E-state index in [0.29, 0.717) is 36.5 Å². The van der Waals surface area contributed by atoms with Crippen molar-refractivity contribution in [1.29, 1.82) is 0 Å². The van der Waals surface area contributed by atoms with Crippen molar-refractivity contribution in [3.63, 3.8) is 0 Å². The Balaban J connectivity index is 1.08. The van der Waals surface area contributed by atoms with Gasteiger partial charge in [-0.2, -0.15) is 0 Å². The van der Waals surface area contributed by atoms with Crippen LogP contribution in [0.25, 0.3) is 11.0 Å². The normalized spacial score (nSPS) is 19.0. The molecule has 4 aromatic rings. The van der Waals surface area contributed by atoms with E-state index in [2.05, 4.69) is 62.1 Å². The van der Waals surface area contributed by atoms with Gasteiger partial charge in [0.05, 0.1) is 34.3 Å². The van der Waals surface area contributed by atoms with Gasteiger partial charge in [0.15, 0.2) is 0 Å². The summed E-state index contributed by atoms with van der Waals surface area (Å²) >= 11 is 0. The van der Waals surface area contributed by atoms with E-state index < -0.39 is 31.4 Å². The fourth-order valence-corrected chi connectivity index (χ4v) is 9.21. The number of allylic oxidation sites excluding steroid dienone is 2. The van der Waals surface area contributed by atoms with E-state index in [4.69, 9.17) is 9.47 Å². The Morgan fingerprint density at radius 1 is 1.10 bits per heavy atom. The Kier molecular flexibility index (Phi) is 12.9. The highest BCUT2D eigenvalue weighted by Gasteiger charge is 2.30. The summed E-state index contributed by atoms with van der Waals surface area (Å²) in [6.07, 6.45) is 8.63. The van der Waals surface area contributed by atoms with Crippen LogP contribution in [0.4, 0.5) is 17.1 Å². The molecule has 0 bridgehead atoms. The van der Waals surface area contributed by atoms with Crippen LogP contribution in [-0.4, -0.2) is 111 Å². The van der Waals surface area contributed by atoms with Crippen molar-refractivity contribution in [2.75, 3.05) is 76.2 Å². The van der Waals surface area contributed by atoms with Crippen molar-refractivity contribution >= 4 is 44.0 Å². The van der Waals surface area contributed by atoms with E-state index in [9.17, 15) is 23.3 Å². The topological polar surface area (TPSA) is 175 Å². The molecule has 0 spiro atoms. The monoisotopic (exact) mass is 840 g/mol. The number of H-pyrrole nitrogens is 1. The molecule has 1 amide bonds. The number of carbonyl (C=O) groups is 1. The molecule has 2 fully saturated rings. The molecule has 2 aliphatic heterocycles. The van der Waals surface area contributed by atoms with Crippen LogP contribution in [0.2, 0.25) is 0 Å². The fraction of sp³-hybridized carbons (Fsp3) is 0.455. The van der Waals surface area contributed by atoms with Gasteiger partial charge in [-0.05, 0) is 87.9 Å². The minimum Gasteiger partial charge on any atom is -0.455 e. The van der Waals surface area contributed by atoms with Crippen molar-refractivity contribution in [2.45, 2.75) is 63.9 Å². The standard InChI is InChI=1S/C44H56N8O7S/c1-30(2)6-7-32-25-44(3,4)14-12-33(32)28-50-16-18-51(19-17-50)34-8-10-38(41(23-34)59-35-22-31-13-15-45-42(31)47-26-35)43(53)48-60(56,57)37-9-11-39(40(24-37)52(54)55)46-27-36-29-49(5)20-21-58-36/h8-11,13,15,22-24,26,36,46H,1,6-7,12,14,16-21,25,27-29H2,2-5H3,(H,45,47)(H,48,53). The molecule has 0 saturated carbocycles. The number of benzene rings is 2. The van der Waals surface area contributed by atoms with Gasteiger partial charge in [-0.3, -0.25) is 19.8 Å². The highest BCUT2D eigenvalue weighted by molar-refractivity contribution is 7.90. The summed E-state index contributed by atoms with van der Waals surface area (Å²) < 4.78 is 41.5. The number of rotatable bonds is 15. The van der Waals surface area contributed by atoms with Crippen LogP contribution in [0.1, 0.15) is 63.2 Å². The van der Waals surface area contributed by atoms with E-state index in [1.165, 1.54) is 30.3 Å². The maximum Gasteiger partial charge on any atom is 0.293 e. The Hall–Kier alpha value is -5.29. The number of aromatic nitrogens is 2. The number of likely N-dealkylation sites (N-methyl/N-ethyl adjacent to an activating group) is 1. The molecule has 15 nitrogen and oxygen atoms in total. The first-order chi connectivity index (χ1) is 28.6. The second-order valence-corrected chi connectivity index (χ2v) is 18.8. The molecule has 0 radical (unpaired) electrons. The Bertz CT molecular complexity index is 2390. The zero-order valence-corrected chi connectivity index (χ0v) is 35.8. The van der Waals surface area contributed by atoms with Crippen molar-refractivity contribution in [3.05, 3.63) is 99.9 Å². The number of nitrogens with one attached hydrogen (secondary N) is 3. The number of hydrogen-bond acceptors (Lipinski definition) is 12. The average Bonchev–Trinajstić information content (AvgIpc) is 3.68. The molecule has 2 saturated heterocycles. The van der Waals surface area contributed by atoms with Crippen LogP contribution in [0.3, 0.4) is 0 Å². The van der Waals surface area contributed by atoms with E-state index in [1.807, 2.05) is 13.1 Å².